The van der Waals surface area contributed by atoms with Crippen molar-refractivity contribution in [1.82, 2.24) is 0 Å². The maximum absolute atomic E-state index is 13.0. The molecule has 0 aliphatic rings. The Hall–Kier alpha value is -3.12. The molecule has 3 aromatic rings. The van der Waals surface area contributed by atoms with Crippen LogP contribution in [0, 0.1) is 20.8 Å². The van der Waals surface area contributed by atoms with Gasteiger partial charge in [0.1, 0.15) is 0 Å². The summed E-state index contributed by atoms with van der Waals surface area (Å²) in [5.41, 5.74) is 5.11. The molecule has 0 fully saturated rings. The minimum Gasteiger partial charge on any atom is -0.322 e. The molecule has 0 spiro atoms. The van der Waals surface area contributed by atoms with Gasteiger partial charge in [0.25, 0.3) is 15.9 Å². The second kappa shape index (κ2) is 8.71. The molecule has 0 aromatic heterocycles. The first-order valence-electron chi connectivity index (χ1n) is 9.80. The molecule has 0 bridgehead atoms. The lowest BCUT2D eigenvalue weighted by molar-refractivity contribution is 0.102. The number of sulfonamides is 1. The third kappa shape index (κ3) is 5.07. The maximum Gasteiger partial charge on any atom is 0.262 e. The number of carbonyl (C=O) groups is 1. The Labute approximate surface area is 178 Å². The van der Waals surface area contributed by atoms with Gasteiger partial charge in [-0.25, -0.2) is 8.42 Å². The van der Waals surface area contributed by atoms with E-state index in [1.165, 1.54) is 11.6 Å². The van der Waals surface area contributed by atoms with E-state index in [1.807, 2.05) is 44.2 Å². The van der Waals surface area contributed by atoms with Gasteiger partial charge < -0.3 is 5.32 Å². The van der Waals surface area contributed by atoms with E-state index in [0.29, 0.717) is 16.9 Å². The van der Waals surface area contributed by atoms with Gasteiger partial charge in [0.15, 0.2) is 0 Å². The van der Waals surface area contributed by atoms with Gasteiger partial charge in [-0.15, -0.1) is 0 Å². The van der Waals surface area contributed by atoms with Gasteiger partial charge in [0, 0.05) is 16.9 Å². The Morgan fingerprint density at radius 3 is 2.07 bits per heavy atom. The molecule has 0 saturated carbocycles. The van der Waals surface area contributed by atoms with E-state index in [0.717, 1.165) is 17.5 Å². The average Bonchev–Trinajstić information content (AvgIpc) is 2.67. The second-order valence-electron chi connectivity index (χ2n) is 7.47. The smallest absolute Gasteiger partial charge is 0.262 e. The summed E-state index contributed by atoms with van der Waals surface area (Å²) in [6, 6.07) is 17.8. The zero-order chi connectivity index (χ0) is 21.9. The molecule has 6 heteroatoms. The quantitative estimate of drug-likeness (QED) is 0.571. The van der Waals surface area contributed by atoms with Crippen LogP contribution < -0.4 is 10.0 Å². The van der Waals surface area contributed by atoms with Gasteiger partial charge >= 0.3 is 0 Å². The number of rotatable bonds is 6. The lowest BCUT2D eigenvalue weighted by atomic mass is 10.1. The van der Waals surface area contributed by atoms with Gasteiger partial charge in [-0.3, -0.25) is 9.52 Å². The Bertz CT molecular complexity index is 1160. The first-order valence-corrected chi connectivity index (χ1v) is 11.3. The highest BCUT2D eigenvalue weighted by Gasteiger charge is 2.20. The summed E-state index contributed by atoms with van der Waals surface area (Å²) in [7, 11) is -3.85. The van der Waals surface area contributed by atoms with Crippen molar-refractivity contribution in [3.63, 3.8) is 0 Å². The molecular weight excluding hydrogens is 396 g/mol. The molecule has 30 heavy (non-hydrogen) atoms. The van der Waals surface area contributed by atoms with Crippen LogP contribution >= 0.6 is 0 Å². The van der Waals surface area contributed by atoms with Crippen molar-refractivity contribution in [2.24, 2.45) is 0 Å². The molecule has 0 heterocycles. The lowest BCUT2D eigenvalue weighted by Gasteiger charge is -2.13. The topological polar surface area (TPSA) is 75.3 Å². The summed E-state index contributed by atoms with van der Waals surface area (Å²) >= 11 is 0. The fourth-order valence-corrected chi connectivity index (χ4v) is 4.61. The van der Waals surface area contributed by atoms with Gasteiger partial charge in [-0.2, -0.15) is 0 Å². The lowest BCUT2D eigenvalue weighted by Crippen LogP contribution is -2.17. The van der Waals surface area contributed by atoms with Crippen molar-refractivity contribution in [2.45, 2.75) is 39.0 Å². The van der Waals surface area contributed by atoms with Crippen LogP contribution in [-0.4, -0.2) is 14.3 Å². The zero-order valence-corrected chi connectivity index (χ0v) is 18.4. The Balaban J connectivity index is 1.86. The van der Waals surface area contributed by atoms with Crippen molar-refractivity contribution >= 4 is 27.3 Å². The van der Waals surface area contributed by atoms with E-state index in [9.17, 15) is 13.2 Å². The Kier molecular flexibility index (Phi) is 6.27. The monoisotopic (exact) mass is 422 g/mol. The normalized spacial score (nSPS) is 11.2. The number of hydrogen-bond acceptors (Lipinski definition) is 3. The Morgan fingerprint density at radius 2 is 1.47 bits per heavy atom. The molecule has 2 N–H and O–H groups in total. The van der Waals surface area contributed by atoms with Gasteiger partial charge in [-0.1, -0.05) is 31.2 Å². The molecule has 0 aliphatic heterocycles. The third-order valence-corrected chi connectivity index (χ3v) is 6.36. The molecule has 0 unspecified atom stereocenters. The standard InChI is InChI=1S/C24H26N2O3S/c1-5-19-7-10-21(11-8-19)25-24(27)20-9-6-18(4)23(15-20)30(28,29)26-22-13-16(2)12-17(3)14-22/h6-15,26H,5H2,1-4H3,(H,25,27). The molecule has 5 nitrogen and oxygen atoms in total. The fraction of sp³-hybridized carbons (Fsp3) is 0.208. The van der Waals surface area contributed by atoms with Crippen molar-refractivity contribution in [3.05, 3.63) is 88.5 Å². The van der Waals surface area contributed by atoms with Crippen LogP contribution in [0.15, 0.2) is 65.6 Å². The van der Waals surface area contributed by atoms with Crippen molar-refractivity contribution in [3.8, 4) is 0 Å². The highest BCUT2D eigenvalue weighted by Crippen LogP contribution is 2.23. The highest BCUT2D eigenvalue weighted by atomic mass is 32.2. The third-order valence-electron chi connectivity index (χ3n) is 4.83. The first-order chi connectivity index (χ1) is 14.2. The predicted octanol–water partition coefficient (Wildman–Crippen LogP) is 5.23. The van der Waals surface area contributed by atoms with Crippen LogP contribution in [0.25, 0.3) is 0 Å². The highest BCUT2D eigenvalue weighted by molar-refractivity contribution is 7.92. The number of nitrogens with one attached hydrogen (secondary N) is 2. The Morgan fingerprint density at radius 1 is 0.833 bits per heavy atom. The van der Waals surface area contributed by atoms with Gasteiger partial charge in [0.2, 0.25) is 0 Å². The molecular formula is C24H26N2O3S. The van der Waals surface area contributed by atoms with Crippen LogP contribution in [0.3, 0.4) is 0 Å². The molecule has 156 valence electrons. The number of amides is 1. The van der Waals surface area contributed by atoms with Crippen molar-refractivity contribution < 1.29 is 13.2 Å². The summed E-state index contributed by atoms with van der Waals surface area (Å²) in [4.78, 5) is 12.8. The van der Waals surface area contributed by atoms with Crippen LogP contribution in [0.1, 0.15) is 39.5 Å². The summed E-state index contributed by atoms with van der Waals surface area (Å²) in [5.74, 6) is -0.359. The number of carbonyl (C=O) groups excluding carboxylic acids is 1. The molecule has 1 amide bonds. The fourth-order valence-electron chi connectivity index (χ4n) is 3.30. The number of aryl methyl sites for hydroxylation is 4. The first kappa shape index (κ1) is 21.6. The molecule has 3 rings (SSSR count). The van der Waals surface area contributed by atoms with Crippen LogP contribution in [0.2, 0.25) is 0 Å². The summed E-state index contributed by atoms with van der Waals surface area (Å²) in [6.07, 6.45) is 0.918. The van der Waals surface area contributed by atoms with E-state index in [4.69, 9.17) is 0 Å². The van der Waals surface area contributed by atoms with Crippen LogP contribution in [-0.2, 0) is 16.4 Å². The van der Waals surface area contributed by atoms with Crippen molar-refractivity contribution in [1.29, 1.82) is 0 Å². The predicted molar refractivity (Wildman–Crippen MR) is 122 cm³/mol. The minimum absolute atomic E-state index is 0.0793. The van der Waals surface area contributed by atoms with E-state index in [-0.39, 0.29) is 16.4 Å². The van der Waals surface area contributed by atoms with Crippen LogP contribution in [0.5, 0.6) is 0 Å². The molecule has 0 saturated heterocycles. The van der Waals surface area contributed by atoms with E-state index >= 15 is 0 Å². The SMILES string of the molecule is CCc1ccc(NC(=O)c2ccc(C)c(S(=O)(=O)Nc3cc(C)cc(C)c3)c2)cc1. The second-order valence-corrected chi connectivity index (χ2v) is 9.12. The molecule has 3 aromatic carbocycles. The molecule has 0 atom stereocenters. The molecule has 0 aliphatic carbocycles. The minimum atomic E-state index is -3.85. The summed E-state index contributed by atoms with van der Waals surface area (Å²) in [5, 5.41) is 2.82. The van der Waals surface area contributed by atoms with E-state index in [1.54, 1.807) is 31.2 Å². The summed E-state index contributed by atoms with van der Waals surface area (Å²) in [6.45, 7) is 7.59. The van der Waals surface area contributed by atoms with Crippen molar-refractivity contribution in [2.75, 3.05) is 10.0 Å². The number of anilines is 2. The number of hydrogen-bond donors (Lipinski definition) is 2. The van der Waals surface area contributed by atoms with E-state index in [2.05, 4.69) is 17.0 Å². The van der Waals surface area contributed by atoms with E-state index < -0.39 is 10.0 Å². The maximum atomic E-state index is 13.0. The summed E-state index contributed by atoms with van der Waals surface area (Å²) < 4.78 is 28.6. The van der Waals surface area contributed by atoms with Crippen LogP contribution in [0.4, 0.5) is 11.4 Å². The van der Waals surface area contributed by atoms with Gasteiger partial charge in [0.05, 0.1) is 4.90 Å². The zero-order valence-electron chi connectivity index (χ0n) is 17.6. The largest absolute Gasteiger partial charge is 0.322 e. The van der Waals surface area contributed by atoms with Gasteiger partial charge in [-0.05, 0) is 85.8 Å². The number of benzene rings is 3. The average molecular weight is 423 g/mol. The molecule has 0 radical (unpaired) electrons.